The first-order valence-corrected chi connectivity index (χ1v) is 7.80. The number of aromatic amines is 1. The summed E-state index contributed by atoms with van der Waals surface area (Å²) in [6, 6.07) is 5.62. The largest absolute Gasteiger partial charge is 0.380 e. The number of imidazole rings is 1. The van der Waals surface area contributed by atoms with E-state index in [4.69, 9.17) is 4.74 Å². The Labute approximate surface area is 128 Å². The Morgan fingerprint density at radius 1 is 1.45 bits per heavy atom. The van der Waals surface area contributed by atoms with Crippen molar-refractivity contribution in [2.24, 2.45) is 0 Å². The third-order valence-electron chi connectivity index (χ3n) is 4.14. The summed E-state index contributed by atoms with van der Waals surface area (Å²) in [6.45, 7) is 3.54. The van der Waals surface area contributed by atoms with Gasteiger partial charge in [-0.3, -0.25) is 9.36 Å². The molecule has 1 aromatic carbocycles. The van der Waals surface area contributed by atoms with Gasteiger partial charge in [-0.05, 0) is 44.4 Å². The number of nitrogens with one attached hydrogen (secondary N) is 2. The fourth-order valence-corrected chi connectivity index (χ4v) is 2.65. The van der Waals surface area contributed by atoms with E-state index in [2.05, 4.69) is 10.3 Å². The zero-order valence-corrected chi connectivity index (χ0v) is 12.7. The van der Waals surface area contributed by atoms with Crippen molar-refractivity contribution in [2.45, 2.75) is 38.8 Å². The van der Waals surface area contributed by atoms with E-state index in [1.807, 2.05) is 13.0 Å². The quantitative estimate of drug-likeness (QED) is 0.797. The van der Waals surface area contributed by atoms with E-state index in [0.717, 1.165) is 18.4 Å². The minimum atomic E-state index is -0.175. The van der Waals surface area contributed by atoms with Gasteiger partial charge >= 0.3 is 5.69 Å². The van der Waals surface area contributed by atoms with Gasteiger partial charge in [0.05, 0.1) is 24.2 Å². The number of nitrogens with zero attached hydrogens (tertiary/aromatic N) is 1. The molecule has 0 bridgehead atoms. The number of H-pyrrole nitrogens is 1. The van der Waals surface area contributed by atoms with Crippen molar-refractivity contribution < 1.29 is 9.53 Å². The summed E-state index contributed by atoms with van der Waals surface area (Å²) >= 11 is 0. The Hall–Kier alpha value is -2.08. The molecule has 3 rings (SSSR count). The summed E-state index contributed by atoms with van der Waals surface area (Å²) in [5.41, 5.74) is 1.89. The predicted octanol–water partition coefficient (Wildman–Crippen LogP) is 1.65. The van der Waals surface area contributed by atoms with Gasteiger partial charge < -0.3 is 15.0 Å². The SMILES string of the molecule is CCOCCn1c(=O)[nH]c2cc(C(=O)NC3CCC3)ccc21. The molecule has 0 spiro atoms. The molecule has 0 radical (unpaired) electrons. The van der Waals surface area contributed by atoms with Crippen molar-refractivity contribution in [1.82, 2.24) is 14.9 Å². The molecule has 1 amide bonds. The van der Waals surface area contributed by atoms with Crippen LogP contribution >= 0.6 is 0 Å². The van der Waals surface area contributed by atoms with Crippen LogP contribution < -0.4 is 11.0 Å². The molecule has 2 N–H and O–H groups in total. The van der Waals surface area contributed by atoms with Crippen LogP contribution in [0.2, 0.25) is 0 Å². The fraction of sp³-hybridized carbons (Fsp3) is 0.500. The summed E-state index contributed by atoms with van der Waals surface area (Å²) in [4.78, 5) is 27.0. The second kappa shape index (κ2) is 6.36. The van der Waals surface area contributed by atoms with Crippen molar-refractivity contribution in [2.75, 3.05) is 13.2 Å². The maximum absolute atomic E-state index is 12.2. The number of amides is 1. The summed E-state index contributed by atoms with van der Waals surface area (Å²) in [5, 5.41) is 3.00. The number of carbonyl (C=O) groups is 1. The average Bonchev–Trinajstić information content (AvgIpc) is 2.78. The molecule has 0 saturated heterocycles. The van der Waals surface area contributed by atoms with Crippen LogP contribution in [0.4, 0.5) is 0 Å². The molecule has 6 heteroatoms. The molecule has 1 fully saturated rings. The van der Waals surface area contributed by atoms with E-state index in [9.17, 15) is 9.59 Å². The molecule has 118 valence electrons. The van der Waals surface area contributed by atoms with Gasteiger partial charge in [-0.25, -0.2) is 4.79 Å². The van der Waals surface area contributed by atoms with Crippen molar-refractivity contribution in [3.05, 3.63) is 34.2 Å². The number of rotatable bonds is 6. The fourth-order valence-electron chi connectivity index (χ4n) is 2.65. The van der Waals surface area contributed by atoms with Crippen LogP contribution in [0, 0.1) is 0 Å². The molecule has 1 aromatic heterocycles. The smallest absolute Gasteiger partial charge is 0.326 e. The summed E-state index contributed by atoms with van der Waals surface area (Å²) in [5.74, 6) is -0.0745. The highest BCUT2D eigenvalue weighted by molar-refractivity contribution is 5.97. The highest BCUT2D eigenvalue weighted by Crippen LogP contribution is 2.19. The number of benzene rings is 1. The molecule has 22 heavy (non-hydrogen) atoms. The summed E-state index contributed by atoms with van der Waals surface area (Å²) in [6.07, 6.45) is 3.29. The van der Waals surface area contributed by atoms with Crippen molar-refractivity contribution in [3.63, 3.8) is 0 Å². The molecule has 6 nitrogen and oxygen atoms in total. The van der Waals surface area contributed by atoms with E-state index >= 15 is 0 Å². The van der Waals surface area contributed by atoms with Crippen LogP contribution in [0.1, 0.15) is 36.5 Å². The van der Waals surface area contributed by atoms with Gasteiger partial charge in [-0.2, -0.15) is 0 Å². The standard InChI is InChI=1S/C16H21N3O3/c1-2-22-9-8-19-14-7-6-11(10-13(14)18-16(19)21)15(20)17-12-4-3-5-12/h6-7,10,12H,2-5,8-9H2,1H3,(H,17,20)(H,18,21). The van der Waals surface area contributed by atoms with Gasteiger partial charge in [0.15, 0.2) is 0 Å². The topological polar surface area (TPSA) is 76.1 Å². The summed E-state index contributed by atoms with van der Waals surface area (Å²) in [7, 11) is 0. The Morgan fingerprint density at radius 2 is 2.27 bits per heavy atom. The van der Waals surface area contributed by atoms with Crippen LogP contribution in [-0.2, 0) is 11.3 Å². The molecule has 1 aliphatic rings. The zero-order chi connectivity index (χ0) is 15.5. The molecule has 0 atom stereocenters. The van der Waals surface area contributed by atoms with E-state index in [1.54, 1.807) is 16.7 Å². The van der Waals surface area contributed by atoms with Gasteiger partial charge in [0.1, 0.15) is 0 Å². The Balaban J connectivity index is 1.81. The monoisotopic (exact) mass is 303 g/mol. The average molecular weight is 303 g/mol. The first kappa shape index (κ1) is 14.8. The van der Waals surface area contributed by atoms with Gasteiger partial charge in [-0.15, -0.1) is 0 Å². The van der Waals surface area contributed by atoms with Crippen LogP contribution in [0.15, 0.2) is 23.0 Å². The first-order chi connectivity index (χ1) is 10.7. The normalized spacial score (nSPS) is 15.0. The molecular weight excluding hydrogens is 282 g/mol. The molecule has 2 aromatic rings. The maximum atomic E-state index is 12.2. The van der Waals surface area contributed by atoms with Gasteiger partial charge in [0.2, 0.25) is 0 Å². The second-order valence-electron chi connectivity index (χ2n) is 5.61. The van der Waals surface area contributed by atoms with Crippen LogP contribution in [0.5, 0.6) is 0 Å². The van der Waals surface area contributed by atoms with Gasteiger partial charge in [0.25, 0.3) is 5.91 Å². The molecule has 1 saturated carbocycles. The summed E-state index contributed by atoms with van der Waals surface area (Å²) < 4.78 is 6.93. The van der Waals surface area contributed by atoms with E-state index < -0.39 is 0 Å². The second-order valence-corrected chi connectivity index (χ2v) is 5.61. The molecule has 0 unspecified atom stereocenters. The maximum Gasteiger partial charge on any atom is 0.326 e. The zero-order valence-electron chi connectivity index (χ0n) is 12.7. The van der Waals surface area contributed by atoms with Gasteiger partial charge in [-0.1, -0.05) is 0 Å². The number of fused-ring (bicyclic) bond motifs is 1. The van der Waals surface area contributed by atoms with Crippen molar-refractivity contribution >= 4 is 16.9 Å². The van der Waals surface area contributed by atoms with Crippen molar-refractivity contribution in [3.8, 4) is 0 Å². The lowest BCUT2D eigenvalue weighted by Crippen LogP contribution is -2.39. The van der Waals surface area contributed by atoms with Crippen LogP contribution in [0.3, 0.4) is 0 Å². The molecular formula is C16H21N3O3. The molecule has 1 aliphatic carbocycles. The van der Waals surface area contributed by atoms with E-state index in [1.165, 1.54) is 6.42 Å². The lowest BCUT2D eigenvalue weighted by Gasteiger charge is -2.26. The minimum Gasteiger partial charge on any atom is -0.380 e. The lowest BCUT2D eigenvalue weighted by molar-refractivity contribution is 0.0917. The number of hydrogen-bond acceptors (Lipinski definition) is 3. The highest BCUT2D eigenvalue weighted by atomic mass is 16.5. The number of ether oxygens (including phenoxy) is 1. The predicted molar refractivity (Wildman–Crippen MR) is 84.2 cm³/mol. The van der Waals surface area contributed by atoms with Crippen molar-refractivity contribution in [1.29, 1.82) is 0 Å². The lowest BCUT2D eigenvalue weighted by atomic mass is 9.93. The minimum absolute atomic E-state index is 0.0745. The highest BCUT2D eigenvalue weighted by Gasteiger charge is 2.20. The molecule has 0 aliphatic heterocycles. The number of carbonyl (C=O) groups excluding carboxylic acids is 1. The van der Waals surface area contributed by atoms with Gasteiger partial charge in [0, 0.05) is 18.2 Å². The van der Waals surface area contributed by atoms with E-state index in [0.29, 0.717) is 36.9 Å². The first-order valence-electron chi connectivity index (χ1n) is 7.80. The molecule has 1 heterocycles. The third-order valence-corrected chi connectivity index (χ3v) is 4.14. The number of aromatic nitrogens is 2. The number of hydrogen-bond donors (Lipinski definition) is 2. The Bertz CT molecular complexity index is 728. The third kappa shape index (κ3) is 2.92. The Morgan fingerprint density at radius 3 is 2.95 bits per heavy atom. The van der Waals surface area contributed by atoms with E-state index in [-0.39, 0.29) is 11.6 Å². The van der Waals surface area contributed by atoms with Crippen LogP contribution in [-0.4, -0.2) is 34.7 Å². The Kier molecular flexibility index (Phi) is 4.29. The van der Waals surface area contributed by atoms with Crippen LogP contribution in [0.25, 0.3) is 11.0 Å².